The third kappa shape index (κ3) is 3.21. The zero-order valence-electron chi connectivity index (χ0n) is 10.2. The van der Waals surface area contributed by atoms with Gasteiger partial charge in [-0.25, -0.2) is 0 Å². The van der Waals surface area contributed by atoms with E-state index in [2.05, 4.69) is 47.1 Å². The molecule has 0 aromatic heterocycles. The van der Waals surface area contributed by atoms with E-state index in [1.807, 2.05) is 30.3 Å². The molecule has 1 atom stereocenters. The van der Waals surface area contributed by atoms with E-state index in [9.17, 15) is 5.26 Å². The molecule has 0 aliphatic rings. The van der Waals surface area contributed by atoms with E-state index >= 15 is 0 Å². The number of hydrogen-bond donors (Lipinski definition) is 0. The van der Waals surface area contributed by atoms with Crippen LogP contribution in [0.3, 0.4) is 0 Å². The topological polar surface area (TPSA) is 23.8 Å². The van der Waals surface area contributed by atoms with E-state index in [0.717, 1.165) is 16.5 Å². The van der Waals surface area contributed by atoms with E-state index in [1.165, 1.54) is 11.1 Å². The molecule has 0 N–H and O–H groups in total. The molecule has 18 heavy (non-hydrogen) atoms. The van der Waals surface area contributed by atoms with E-state index in [0.29, 0.717) is 0 Å². The summed E-state index contributed by atoms with van der Waals surface area (Å²) in [6, 6.07) is 18.7. The van der Waals surface area contributed by atoms with Crippen LogP contribution in [0.4, 0.5) is 0 Å². The second-order valence-electron chi connectivity index (χ2n) is 4.43. The lowest BCUT2D eigenvalue weighted by Crippen LogP contribution is -2.00. The molecule has 0 amide bonds. The molecule has 0 saturated carbocycles. The maximum atomic E-state index is 9.32. The Bertz CT molecular complexity index is 566. The first-order valence-corrected chi connectivity index (χ1v) is 6.69. The van der Waals surface area contributed by atoms with Gasteiger partial charge in [0.15, 0.2) is 0 Å². The van der Waals surface area contributed by atoms with Gasteiger partial charge in [-0.3, -0.25) is 0 Å². The van der Waals surface area contributed by atoms with Crippen LogP contribution in [0.1, 0.15) is 22.6 Å². The van der Waals surface area contributed by atoms with E-state index in [1.54, 1.807) is 0 Å². The second-order valence-corrected chi connectivity index (χ2v) is 5.34. The molecule has 0 spiro atoms. The number of nitrogens with zero attached hydrogens (tertiary/aromatic N) is 1. The average molecular weight is 300 g/mol. The average Bonchev–Trinajstić information content (AvgIpc) is 2.37. The van der Waals surface area contributed by atoms with Gasteiger partial charge in [0.05, 0.1) is 12.0 Å². The van der Waals surface area contributed by atoms with Crippen LogP contribution in [0.15, 0.2) is 53.0 Å². The van der Waals surface area contributed by atoms with Crippen molar-refractivity contribution in [1.82, 2.24) is 0 Å². The van der Waals surface area contributed by atoms with Crippen molar-refractivity contribution in [3.05, 3.63) is 69.7 Å². The summed E-state index contributed by atoms with van der Waals surface area (Å²) in [4.78, 5) is 0. The third-order valence-corrected chi connectivity index (χ3v) is 3.48. The van der Waals surface area contributed by atoms with Crippen LogP contribution >= 0.6 is 15.9 Å². The van der Waals surface area contributed by atoms with Crippen molar-refractivity contribution in [2.24, 2.45) is 0 Å². The minimum absolute atomic E-state index is 0.0834. The van der Waals surface area contributed by atoms with Crippen LogP contribution in [-0.2, 0) is 6.42 Å². The summed E-state index contributed by atoms with van der Waals surface area (Å²) in [7, 11) is 0. The van der Waals surface area contributed by atoms with Crippen LogP contribution < -0.4 is 0 Å². The first kappa shape index (κ1) is 12.9. The summed E-state index contributed by atoms with van der Waals surface area (Å²) < 4.78 is 1.04. The number of hydrogen-bond acceptors (Lipinski definition) is 1. The van der Waals surface area contributed by atoms with E-state index in [4.69, 9.17) is 0 Å². The first-order valence-electron chi connectivity index (χ1n) is 5.89. The van der Waals surface area contributed by atoms with Gasteiger partial charge in [-0.1, -0.05) is 57.9 Å². The summed E-state index contributed by atoms with van der Waals surface area (Å²) >= 11 is 3.41. The maximum absolute atomic E-state index is 9.32. The van der Waals surface area contributed by atoms with Crippen molar-refractivity contribution in [1.29, 1.82) is 5.26 Å². The Hall–Kier alpha value is -1.59. The van der Waals surface area contributed by atoms with Crippen molar-refractivity contribution in [3.63, 3.8) is 0 Å². The molecule has 2 aromatic carbocycles. The van der Waals surface area contributed by atoms with Gasteiger partial charge in [-0.05, 0) is 36.6 Å². The Labute approximate surface area is 116 Å². The normalized spacial score (nSPS) is 11.8. The molecule has 0 fully saturated rings. The predicted molar refractivity (Wildman–Crippen MR) is 77.4 cm³/mol. The first-order chi connectivity index (χ1) is 8.69. The Balaban J connectivity index is 2.20. The number of benzene rings is 2. The van der Waals surface area contributed by atoms with Crippen molar-refractivity contribution in [3.8, 4) is 6.07 Å². The second kappa shape index (κ2) is 5.84. The van der Waals surface area contributed by atoms with E-state index in [-0.39, 0.29) is 5.92 Å². The highest BCUT2D eigenvalue weighted by atomic mass is 79.9. The molecule has 0 bridgehead atoms. The summed E-state index contributed by atoms with van der Waals surface area (Å²) in [5.41, 5.74) is 3.52. The highest BCUT2D eigenvalue weighted by Crippen LogP contribution is 2.22. The van der Waals surface area contributed by atoms with Gasteiger partial charge in [-0.15, -0.1) is 0 Å². The van der Waals surface area contributed by atoms with E-state index < -0.39 is 0 Å². The van der Waals surface area contributed by atoms with Crippen molar-refractivity contribution in [2.45, 2.75) is 19.3 Å². The largest absolute Gasteiger partial charge is 0.198 e. The van der Waals surface area contributed by atoms with Crippen molar-refractivity contribution < 1.29 is 0 Å². The smallest absolute Gasteiger partial charge is 0.0753 e. The van der Waals surface area contributed by atoms with Gasteiger partial charge in [0.25, 0.3) is 0 Å². The zero-order chi connectivity index (χ0) is 13.0. The highest BCUT2D eigenvalue weighted by molar-refractivity contribution is 9.10. The fourth-order valence-corrected chi connectivity index (χ4v) is 2.27. The number of halogens is 1. The zero-order valence-corrected chi connectivity index (χ0v) is 11.8. The lowest BCUT2D eigenvalue weighted by Gasteiger charge is -2.10. The van der Waals surface area contributed by atoms with Gasteiger partial charge in [0.2, 0.25) is 0 Å². The molecule has 90 valence electrons. The standard InChI is InChI=1S/C16H14BrN/c1-12-3-2-4-13(9-12)10-15(11-18)14-5-7-16(17)8-6-14/h2-9,15H,10H2,1H3. The van der Waals surface area contributed by atoms with Crippen LogP contribution in [0.25, 0.3) is 0 Å². The molecular formula is C16H14BrN. The highest BCUT2D eigenvalue weighted by Gasteiger charge is 2.11. The quantitative estimate of drug-likeness (QED) is 0.812. The number of rotatable bonds is 3. The Morgan fingerprint density at radius 2 is 1.89 bits per heavy atom. The predicted octanol–water partition coefficient (Wildman–Crippen LogP) is 4.61. The van der Waals surface area contributed by atoms with Gasteiger partial charge >= 0.3 is 0 Å². The molecule has 0 heterocycles. The lowest BCUT2D eigenvalue weighted by atomic mass is 9.93. The Kier molecular flexibility index (Phi) is 4.17. The minimum atomic E-state index is -0.0834. The molecule has 2 aromatic rings. The molecule has 0 radical (unpaired) electrons. The summed E-state index contributed by atoms with van der Waals surface area (Å²) in [5, 5.41) is 9.32. The molecule has 0 aliphatic heterocycles. The van der Waals surface area contributed by atoms with Crippen LogP contribution in [-0.4, -0.2) is 0 Å². The fourth-order valence-electron chi connectivity index (χ4n) is 2.01. The molecule has 0 saturated heterocycles. The van der Waals surface area contributed by atoms with Crippen LogP contribution in [0.2, 0.25) is 0 Å². The Morgan fingerprint density at radius 3 is 2.50 bits per heavy atom. The SMILES string of the molecule is Cc1cccc(CC(C#N)c2ccc(Br)cc2)c1. The van der Waals surface area contributed by atoms with Gasteiger partial charge in [0.1, 0.15) is 0 Å². The number of aryl methyl sites for hydroxylation is 1. The Morgan fingerprint density at radius 1 is 1.17 bits per heavy atom. The maximum Gasteiger partial charge on any atom is 0.0753 e. The summed E-state index contributed by atoms with van der Waals surface area (Å²) in [6.45, 7) is 2.07. The molecular weight excluding hydrogens is 286 g/mol. The van der Waals surface area contributed by atoms with Gasteiger partial charge < -0.3 is 0 Å². The van der Waals surface area contributed by atoms with Crippen molar-refractivity contribution in [2.75, 3.05) is 0 Å². The fraction of sp³-hybridized carbons (Fsp3) is 0.188. The summed E-state index contributed by atoms with van der Waals surface area (Å²) in [6.07, 6.45) is 0.764. The molecule has 1 nitrogen and oxygen atoms in total. The molecule has 1 unspecified atom stereocenters. The number of nitriles is 1. The van der Waals surface area contributed by atoms with Crippen molar-refractivity contribution >= 4 is 15.9 Å². The molecule has 0 aliphatic carbocycles. The minimum Gasteiger partial charge on any atom is -0.198 e. The van der Waals surface area contributed by atoms with Crippen LogP contribution in [0, 0.1) is 18.3 Å². The van der Waals surface area contributed by atoms with Gasteiger partial charge in [-0.2, -0.15) is 5.26 Å². The lowest BCUT2D eigenvalue weighted by molar-refractivity contribution is 0.848. The van der Waals surface area contributed by atoms with Crippen LogP contribution in [0.5, 0.6) is 0 Å². The molecule has 2 heteroatoms. The van der Waals surface area contributed by atoms with Gasteiger partial charge in [0, 0.05) is 4.47 Å². The molecule has 2 rings (SSSR count). The summed E-state index contributed by atoms with van der Waals surface area (Å²) in [5.74, 6) is -0.0834. The third-order valence-electron chi connectivity index (χ3n) is 2.95. The monoisotopic (exact) mass is 299 g/mol.